The molecule has 0 saturated carbocycles. The van der Waals surface area contributed by atoms with Gasteiger partial charge in [0.05, 0.1) is 22.7 Å². The van der Waals surface area contributed by atoms with E-state index in [1.807, 2.05) is 6.20 Å². The van der Waals surface area contributed by atoms with Crippen molar-refractivity contribution in [1.82, 2.24) is 24.3 Å². The zero-order valence-corrected chi connectivity index (χ0v) is 41.8. The van der Waals surface area contributed by atoms with Crippen molar-refractivity contribution < 1.29 is 0 Å². The van der Waals surface area contributed by atoms with Gasteiger partial charge in [-0.15, -0.1) is 0 Å². The number of aromatic amines is 1. The highest BCUT2D eigenvalue weighted by Gasteiger charge is 2.46. The number of fused-ring (bicyclic) bond motifs is 6. The Morgan fingerprint density at radius 1 is 0.409 bits per heavy atom. The van der Waals surface area contributed by atoms with Gasteiger partial charge in [0.15, 0.2) is 0 Å². The van der Waals surface area contributed by atoms with E-state index in [0.717, 1.165) is 44.4 Å². The first-order chi connectivity index (χ1) is 31.2. The third-order valence-electron chi connectivity index (χ3n) is 13.9. The predicted molar refractivity (Wildman–Crippen MR) is 283 cm³/mol. The molecule has 10 rings (SSSR count). The molecule has 0 amide bonds. The molecule has 0 aliphatic carbocycles. The van der Waals surface area contributed by atoms with E-state index in [-0.39, 0.29) is 21.7 Å². The van der Waals surface area contributed by atoms with Crippen LogP contribution in [0, 0.1) is 0 Å². The van der Waals surface area contributed by atoms with Crippen molar-refractivity contribution in [3.8, 4) is 11.5 Å². The Balaban J connectivity index is 1.41. The first-order valence-corrected chi connectivity index (χ1v) is 25.6. The van der Waals surface area contributed by atoms with E-state index in [9.17, 15) is 0 Å². The Hall–Kier alpha value is -6.50. The summed E-state index contributed by atoms with van der Waals surface area (Å²) in [7, 11) is -3.45. The summed E-state index contributed by atoms with van der Waals surface area (Å²) < 4.78 is 4.74. The van der Waals surface area contributed by atoms with Gasteiger partial charge in [0.25, 0.3) is 0 Å². The second kappa shape index (κ2) is 15.3. The molecule has 6 heteroatoms. The highest BCUT2D eigenvalue weighted by molar-refractivity contribution is 7.19. The van der Waals surface area contributed by atoms with Crippen molar-refractivity contribution in [2.45, 2.75) is 105 Å². The molecule has 66 heavy (non-hydrogen) atoms. The predicted octanol–water partition coefficient (Wildman–Crippen LogP) is 12.6. The molecule has 0 bridgehead atoms. The minimum Gasteiger partial charge on any atom is -0.294 e. The van der Waals surface area contributed by atoms with Gasteiger partial charge in [-0.3, -0.25) is 14.2 Å². The lowest BCUT2D eigenvalue weighted by Gasteiger charge is -2.38. The summed E-state index contributed by atoms with van der Waals surface area (Å²) in [6, 6.07) is 57.6. The van der Waals surface area contributed by atoms with Crippen LogP contribution in [-0.4, -0.2) is 32.4 Å². The van der Waals surface area contributed by atoms with Crippen LogP contribution in [-0.2, 0) is 21.7 Å². The van der Waals surface area contributed by atoms with Crippen LogP contribution in [0.25, 0.3) is 55.2 Å². The van der Waals surface area contributed by atoms with Crippen molar-refractivity contribution in [2.24, 2.45) is 0 Å². The van der Waals surface area contributed by atoms with Gasteiger partial charge < -0.3 is 0 Å². The zero-order valence-electron chi connectivity index (χ0n) is 40.8. The van der Waals surface area contributed by atoms with Crippen molar-refractivity contribution in [3.63, 3.8) is 0 Å². The molecule has 0 saturated heterocycles. The van der Waals surface area contributed by atoms with Gasteiger partial charge in [0.1, 0.15) is 11.5 Å². The number of aromatic nitrogens is 5. The summed E-state index contributed by atoms with van der Waals surface area (Å²) >= 11 is 0. The van der Waals surface area contributed by atoms with Crippen LogP contribution in [0.1, 0.15) is 105 Å². The smallest absolute Gasteiger partial charge is 0.202 e. The first-order valence-electron chi connectivity index (χ1n) is 23.6. The molecule has 4 heterocycles. The second-order valence-corrected chi connectivity index (χ2v) is 26.4. The van der Waals surface area contributed by atoms with Gasteiger partial charge >= 0.3 is 0 Å². The third kappa shape index (κ3) is 7.12. The number of hydrogen-bond acceptors (Lipinski definition) is 2. The maximum atomic E-state index is 6.07. The molecule has 1 N–H and O–H groups in total. The van der Waals surface area contributed by atoms with Crippen LogP contribution in [0.2, 0.25) is 0 Å². The largest absolute Gasteiger partial charge is 0.294 e. The number of pyridine rings is 1. The molecule has 0 unspecified atom stereocenters. The van der Waals surface area contributed by atoms with E-state index >= 15 is 0 Å². The summed E-state index contributed by atoms with van der Waals surface area (Å²) in [5, 5.41) is 17.7. The van der Waals surface area contributed by atoms with Crippen molar-refractivity contribution in [1.29, 1.82) is 0 Å². The standard InChI is InChI=1S/C60H63N5Si/c1-57(2,3)39-31-40(58(4,5)6)34-45(33-39)66(46-35-41(59(7,8)9)32-42(36-46)60(10,11)12,44-22-19-21-43(37-44)64-51-26-16-15-25-49(51)50-38-61-63-56(50)64)55-30-20-29-54(62-55)65-52-27-17-13-23-47(52)48-24-14-18-28-53(48)65/h13-38H,1-12H3,(H,61,63). The number of para-hydroxylation sites is 3. The summed E-state index contributed by atoms with van der Waals surface area (Å²) in [6.07, 6.45) is 1.96. The molecule has 6 aromatic carbocycles. The molecule has 332 valence electrons. The molecular weight excluding hydrogens is 819 g/mol. The molecule has 10 aromatic rings. The van der Waals surface area contributed by atoms with Crippen LogP contribution in [0.4, 0.5) is 0 Å². The van der Waals surface area contributed by atoms with E-state index in [2.05, 4.69) is 254 Å². The Bertz CT molecular complexity index is 3280. The van der Waals surface area contributed by atoms with Gasteiger partial charge in [0, 0.05) is 32.5 Å². The Labute approximate surface area is 391 Å². The van der Waals surface area contributed by atoms with Crippen LogP contribution in [0.3, 0.4) is 0 Å². The first kappa shape index (κ1) is 43.4. The molecule has 0 spiro atoms. The zero-order chi connectivity index (χ0) is 46.6. The van der Waals surface area contributed by atoms with Gasteiger partial charge in [-0.1, -0.05) is 192 Å². The Kier molecular flexibility index (Phi) is 10.0. The van der Waals surface area contributed by atoms with Gasteiger partial charge in [-0.25, -0.2) is 4.98 Å². The van der Waals surface area contributed by atoms with Crippen molar-refractivity contribution in [2.75, 3.05) is 0 Å². The monoisotopic (exact) mass is 881 g/mol. The fourth-order valence-corrected chi connectivity index (χ4v) is 14.8. The molecule has 0 aliphatic heterocycles. The molecular formula is C60H63N5Si. The van der Waals surface area contributed by atoms with E-state index in [1.165, 1.54) is 54.0 Å². The van der Waals surface area contributed by atoms with Gasteiger partial charge in [-0.2, -0.15) is 5.10 Å². The van der Waals surface area contributed by atoms with Crippen molar-refractivity contribution in [3.05, 3.63) is 180 Å². The number of nitrogens with zero attached hydrogens (tertiary/aromatic N) is 4. The molecule has 5 nitrogen and oxygen atoms in total. The number of H-pyrrole nitrogens is 1. The number of rotatable bonds is 6. The summed E-state index contributed by atoms with van der Waals surface area (Å²) in [5.74, 6) is 0.916. The van der Waals surface area contributed by atoms with E-state index in [1.54, 1.807) is 0 Å². The van der Waals surface area contributed by atoms with Crippen LogP contribution < -0.4 is 20.9 Å². The number of benzene rings is 6. The minimum atomic E-state index is -3.45. The summed E-state index contributed by atoms with van der Waals surface area (Å²) in [4.78, 5) is 6.07. The highest BCUT2D eigenvalue weighted by atomic mass is 28.3. The minimum absolute atomic E-state index is 0.115. The van der Waals surface area contributed by atoms with Crippen LogP contribution >= 0.6 is 0 Å². The Morgan fingerprint density at radius 2 is 0.848 bits per heavy atom. The number of hydrogen-bond donors (Lipinski definition) is 1. The molecule has 4 aromatic heterocycles. The maximum absolute atomic E-state index is 6.07. The number of nitrogens with one attached hydrogen (secondary N) is 1. The normalized spacial score (nSPS) is 13.2. The van der Waals surface area contributed by atoms with Crippen LogP contribution in [0.15, 0.2) is 158 Å². The van der Waals surface area contributed by atoms with E-state index in [0.29, 0.717) is 0 Å². The quantitative estimate of drug-likeness (QED) is 0.134. The lowest BCUT2D eigenvalue weighted by Crippen LogP contribution is -2.76. The lowest BCUT2D eigenvalue weighted by molar-refractivity contribution is 0.569. The average Bonchev–Trinajstić information content (AvgIpc) is 3.97. The fourth-order valence-electron chi connectivity index (χ4n) is 10.1. The third-order valence-corrected chi connectivity index (χ3v) is 18.5. The van der Waals surface area contributed by atoms with Gasteiger partial charge in [-0.05, 0) is 102 Å². The average molecular weight is 882 g/mol. The van der Waals surface area contributed by atoms with Crippen molar-refractivity contribution >= 4 is 72.7 Å². The highest BCUT2D eigenvalue weighted by Crippen LogP contribution is 2.35. The second-order valence-electron chi connectivity index (χ2n) is 22.6. The molecule has 0 radical (unpaired) electrons. The lowest BCUT2D eigenvalue weighted by atomic mass is 9.81. The maximum Gasteiger partial charge on any atom is 0.202 e. The fraction of sp³-hybridized carbons (Fsp3) is 0.267. The van der Waals surface area contributed by atoms with E-state index < -0.39 is 8.07 Å². The Morgan fingerprint density at radius 3 is 1.33 bits per heavy atom. The van der Waals surface area contributed by atoms with Crippen LogP contribution in [0.5, 0.6) is 0 Å². The molecule has 0 atom stereocenters. The topological polar surface area (TPSA) is 51.4 Å². The summed E-state index contributed by atoms with van der Waals surface area (Å²) in [6.45, 7) is 28.3. The molecule has 0 aliphatic rings. The van der Waals surface area contributed by atoms with E-state index in [4.69, 9.17) is 4.98 Å². The summed E-state index contributed by atoms with van der Waals surface area (Å²) in [5.41, 5.74) is 10.4. The SMILES string of the molecule is CC(C)(C)c1cc(C(C)(C)C)cc([Si](c2cccc(-n3c4ccccc4c4cn[nH]c43)c2)(c2cc(C(C)(C)C)cc(C(C)(C)C)c2)c2cccc(-n3c4ccccc4c4ccccc43)n2)c1. The molecule has 0 fully saturated rings. The van der Waals surface area contributed by atoms with Gasteiger partial charge in [0.2, 0.25) is 8.07 Å².